The minimum atomic E-state index is -0.607. The van der Waals surface area contributed by atoms with Gasteiger partial charge < -0.3 is 20.1 Å². The van der Waals surface area contributed by atoms with Crippen molar-refractivity contribution in [1.29, 1.82) is 0 Å². The van der Waals surface area contributed by atoms with E-state index in [1.54, 1.807) is 17.9 Å². The average Bonchev–Trinajstić information content (AvgIpc) is 2.82. The topological polar surface area (TPSA) is 105 Å². The highest BCUT2D eigenvalue weighted by molar-refractivity contribution is 5.95. The molecule has 0 spiro atoms. The summed E-state index contributed by atoms with van der Waals surface area (Å²) < 4.78 is 5.91. The Balaban J connectivity index is 0.00000204. The van der Waals surface area contributed by atoms with Gasteiger partial charge in [0.25, 0.3) is 0 Å². The number of Topliss-reactive ketones (excluding diaryl/α,β-unsaturated/α-hetero) is 1. The van der Waals surface area contributed by atoms with Crippen LogP contribution in [0.1, 0.15) is 54.1 Å². The van der Waals surface area contributed by atoms with Gasteiger partial charge in [-0.25, -0.2) is 0 Å². The number of hydrogen-bond acceptors (Lipinski definition) is 7. The normalized spacial score (nSPS) is 18.6. The number of ether oxygens (including phenoxy) is 1. The maximum atomic E-state index is 12.7. The quantitative estimate of drug-likeness (QED) is 0.551. The summed E-state index contributed by atoms with van der Waals surface area (Å²) in [6, 6.07) is 9.78. The van der Waals surface area contributed by atoms with E-state index >= 15 is 0 Å². The fourth-order valence-electron chi connectivity index (χ4n) is 4.39. The molecule has 1 aromatic heterocycles. The monoisotopic (exact) mass is 510 g/mol. The Morgan fingerprint density at radius 1 is 1.21 bits per heavy atom. The number of aliphatic hydroxyl groups excluding tert-OH is 1. The molecule has 1 saturated heterocycles. The number of amides is 1. The molecule has 2 N–H and O–H groups in total. The first-order valence-corrected chi connectivity index (χ1v) is 11.3. The second-order valence-corrected chi connectivity index (χ2v) is 8.60. The lowest BCUT2D eigenvalue weighted by Crippen LogP contribution is -2.44. The molecule has 10 heteroatoms. The summed E-state index contributed by atoms with van der Waals surface area (Å²) in [5, 5.41) is 21.9. The van der Waals surface area contributed by atoms with Crippen molar-refractivity contribution in [1.82, 2.24) is 20.4 Å². The molecule has 34 heavy (non-hydrogen) atoms. The smallest absolute Gasteiger partial charge is 0.234 e. The molecule has 4 rings (SSSR count). The number of fused-ring (bicyclic) bond motifs is 1. The lowest BCUT2D eigenvalue weighted by molar-refractivity contribution is -0.130. The number of nitrogens with one attached hydrogen (secondary N) is 1. The van der Waals surface area contributed by atoms with Crippen LogP contribution in [0.2, 0.25) is 0 Å². The zero-order chi connectivity index (χ0) is 22.5. The van der Waals surface area contributed by atoms with Gasteiger partial charge in [-0.05, 0) is 24.0 Å². The van der Waals surface area contributed by atoms with Gasteiger partial charge in [0.1, 0.15) is 6.10 Å². The largest absolute Gasteiger partial charge is 0.473 e. The van der Waals surface area contributed by atoms with Gasteiger partial charge in [-0.15, -0.1) is 29.9 Å². The lowest BCUT2D eigenvalue weighted by atomic mass is 9.91. The first-order chi connectivity index (χ1) is 15.5. The fraction of sp³-hybridized carbons (Fsp3) is 0.500. The highest BCUT2D eigenvalue weighted by Gasteiger charge is 2.25. The number of ketones is 1. The summed E-state index contributed by atoms with van der Waals surface area (Å²) >= 11 is 0. The Morgan fingerprint density at radius 2 is 1.91 bits per heavy atom. The fourth-order valence-corrected chi connectivity index (χ4v) is 4.39. The highest BCUT2D eigenvalue weighted by Crippen LogP contribution is 2.21. The molecule has 2 atom stereocenters. The van der Waals surface area contributed by atoms with Crippen molar-refractivity contribution < 1.29 is 19.4 Å². The molecule has 1 aromatic carbocycles. The minimum Gasteiger partial charge on any atom is -0.473 e. The Morgan fingerprint density at radius 3 is 2.62 bits per heavy atom. The van der Waals surface area contributed by atoms with Gasteiger partial charge in [-0.3, -0.25) is 9.59 Å². The SMILES string of the molecule is CC(=O)N1CCC(Oc2cc(C(=O)CC[C@@H](O)[C@@H]3Cc4ccccc4CN3)cnn2)CC1.Cl.Cl. The van der Waals surface area contributed by atoms with E-state index in [0.29, 0.717) is 31.0 Å². The Labute approximate surface area is 212 Å². The molecule has 2 aliphatic rings. The summed E-state index contributed by atoms with van der Waals surface area (Å²) in [5.41, 5.74) is 2.94. The second kappa shape index (κ2) is 13.0. The predicted molar refractivity (Wildman–Crippen MR) is 133 cm³/mol. The van der Waals surface area contributed by atoms with Crippen LogP contribution in [0.25, 0.3) is 0 Å². The number of halogens is 2. The number of aliphatic hydroxyl groups is 1. The number of carbonyl (C=O) groups is 2. The van der Waals surface area contributed by atoms with Gasteiger partial charge in [-0.1, -0.05) is 24.3 Å². The van der Waals surface area contributed by atoms with Crippen LogP contribution in [0.5, 0.6) is 5.88 Å². The Kier molecular flexibility index (Phi) is 10.7. The Hall–Kier alpha value is -2.26. The summed E-state index contributed by atoms with van der Waals surface area (Å²) in [6.07, 6.45) is 3.59. The van der Waals surface area contributed by atoms with Crippen molar-refractivity contribution in [3.8, 4) is 5.88 Å². The number of carbonyl (C=O) groups excluding carboxylic acids is 2. The molecule has 1 amide bonds. The van der Waals surface area contributed by atoms with Crippen molar-refractivity contribution in [2.75, 3.05) is 13.1 Å². The molecular weight excluding hydrogens is 479 g/mol. The van der Waals surface area contributed by atoms with Crippen LogP contribution in [-0.4, -0.2) is 63.2 Å². The van der Waals surface area contributed by atoms with E-state index in [1.165, 1.54) is 17.3 Å². The molecule has 8 nitrogen and oxygen atoms in total. The summed E-state index contributed by atoms with van der Waals surface area (Å²) in [6.45, 7) is 3.61. The number of benzene rings is 1. The molecular formula is C24H32Cl2N4O4. The molecule has 3 heterocycles. The predicted octanol–water partition coefficient (Wildman–Crippen LogP) is 2.75. The zero-order valence-corrected chi connectivity index (χ0v) is 20.8. The number of nitrogens with zero attached hydrogens (tertiary/aromatic N) is 3. The molecule has 186 valence electrons. The van der Waals surface area contributed by atoms with Crippen molar-refractivity contribution >= 4 is 36.5 Å². The third kappa shape index (κ3) is 7.12. The van der Waals surface area contributed by atoms with Crippen molar-refractivity contribution in [2.24, 2.45) is 0 Å². The second-order valence-electron chi connectivity index (χ2n) is 8.60. The van der Waals surface area contributed by atoms with Crippen LogP contribution in [0.3, 0.4) is 0 Å². The van der Waals surface area contributed by atoms with Gasteiger partial charge >= 0.3 is 0 Å². The van der Waals surface area contributed by atoms with E-state index in [2.05, 4.69) is 27.6 Å². The van der Waals surface area contributed by atoms with Crippen LogP contribution < -0.4 is 10.1 Å². The first kappa shape index (κ1) is 28.0. The summed E-state index contributed by atoms with van der Waals surface area (Å²) in [7, 11) is 0. The zero-order valence-electron chi connectivity index (χ0n) is 19.2. The molecule has 0 radical (unpaired) electrons. The molecule has 1 fully saturated rings. The van der Waals surface area contributed by atoms with Crippen molar-refractivity contribution in [2.45, 2.75) is 63.8 Å². The molecule has 2 aromatic rings. The average molecular weight is 511 g/mol. The van der Waals surface area contributed by atoms with Gasteiger partial charge in [0.05, 0.1) is 12.3 Å². The van der Waals surface area contributed by atoms with Crippen LogP contribution in [0, 0.1) is 0 Å². The van der Waals surface area contributed by atoms with Crippen molar-refractivity contribution in [3.05, 3.63) is 53.2 Å². The molecule has 0 bridgehead atoms. The number of rotatable bonds is 7. The number of likely N-dealkylation sites (tertiary alicyclic amines) is 1. The van der Waals surface area contributed by atoms with E-state index in [4.69, 9.17) is 4.74 Å². The van der Waals surface area contributed by atoms with E-state index in [-0.39, 0.29) is 55.1 Å². The third-order valence-corrected chi connectivity index (χ3v) is 6.37. The third-order valence-electron chi connectivity index (χ3n) is 6.37. The standard InChI is InChI=1S/C24H30N4O4.2ClH/c1-16(29)28-10-8-20(9-11-28)32-24-13-19(15-26-27-24)22(30)6-7-23(31)21-12-17-4-2-3-5-18(17)14-25-21;;/h2-5,13,15,20-21,23,25,31H,6-12,14H2,1H3;2*1H/t21-,23+;;/m0../s1. The molecule has 0 saturated carbocycles. The summed E-state index contributed by atoms with van der Waals surface area (Å²) in [5.74, 6) is 0.306. The van der Waals surface area contributed by atoms with Crippen molar-refractivity contribution in [3.63, 3.8) is 0 Å². The molecule has 2 aliphatic heterocycles. The first-order valence-electron chi connectivity index (χ1n) is 11.3. The van der Waals surface area contributed by atoms with Crippen LogP contribution >= 0.6 is 24.8 Å². The van der Waals surface area contributed by atoms with E-state index in [0.717, 1.165) is 25.8 Å². The van der Waals surface area contributed by atoms with Crippen LogP contribution in [0.4, 0.5) is 0 Å². The molecule has 0 aliphatic carbocycles. The number of aromatic nitrogens is 2. The Bertz CT molecular complexity index is 969. The van der Waals surface area contributed by atoms with E-state index in [1.807, 2.05) is 12.1 Å². The van der Waals surface area contributed by atoms with Crippen LogP contribution in [-0.2, 0) is 17.8 Å². The van der Waals surface area contributed by atoms with Crippen LogP contribution in [0.15, 0.2) is 36.5 Å². The number of hydrogen-bond donors (Lipinski definition) is 2. The summed E-state index contributed by atoms with van der Waals surface area (Å²) in [4.78, 5) is 25.9. The van der Waals surface area contributed by atoms with Gasteiger partial charge in [0.15, 0.2) is 5.78 Å². The molecule has 0 unspecified atom stereocenters. The number of piperidine rings is 1. The highest BCUT2D eigenvalue weighted by atomic mass is 35.5. The lowest BCUT2D eigenvalue weighted by Gasteiger charge is -2.31. The minimum absolute atomic E-state index is 0. The van der Waals surface area contributed by atoms with Gasteiger partial charge in [0, 0.05) is 63.5 Å². The maximum absolute atomic E-state index is 12.7. The maximum Gasteiger partial charge on any atom is 0.234 e. The van der Waals surface area contributed by atoms with Gasteiger partial charge in [0.2, 0.25) is 11.8 Å². The van der Waals surface area contributed by atoms with E-state index < -0.39 is 6.10 Å². The van der Waals surface area contributed by atoms with E-state index in [9.17, 15) is 14.7 Å². The van der Waals surface area contributed by atoms with Gasteiger partial charge in [-0.2, -0.15) is 5.10 Å².